The second-order valence-corrected chi connectivity index (χ2v) is 8.04. The van der Waals surface area contributed by atoms with E-state index in [1.165, 1.54) is 41.4 Å². The Morgan fingerprint density at radius 2 is 1.77 bits per heavy atom. The zero-order chi connectivity index (χ0) is 21.8. The minimum Gasteiger partial charge on any atom is -0.326 e. The van der Waals surface area contributed by atoms with Gasteiger partial charge in [0.15, 0.2) is 5.13 Å². The van der Waals surface area contributed by atoms with Crippen molar-refractivity contribution in [3.8, 4) is 0 Å². The number of amides is 2. The summed E-state index contributed by atoms with van der Waals surface area (Å²) in [5.74, 6) is -1.44. The number of benzene rings is 3. The molecule has 0 aliphatic rings. The highest BCUT2D eigenvalue weighted by molar-refractivity contribution is 7.22. The third kappa shape index (κ3) is 4.78. The first-order chi connectivity index (χ1) is 15.0. The van der Waals surface area contributed by atoms with E-state index in [-0.39, 0.29) is 11.5 Å². The normalized spacial score (nSPS) is 10.8. The van der Waals surface area contributed by atoms with Crippen molar-refractivity contribution < 1.29 is 14.0 Å². The Kier molecular flexibility index (Phi) is 6.04. The van der Waals surface area contributed by atoms with Gasteiger partial charge in [-0.05, 0) is 42.3 Å². The summed E-state index contributed by atoms with van der Waals surface area (Å²) in [6, 6.07) is 21.4. The van der Waals surface area contributed by atoms with Crippen LogP contribution >= 0.6 is 11.3 Å². The number of aromatic nitrogens is 1. The molecule has 3 aromatic carbocycles. The number of anilines is 2. The molecule has 1 heterocycles. The van der Waals surface area contributed by atoms with E-state index >= 15 is 0 Å². The topological polar surface area (TPSA) is 62.3 Å². The molecule has 4 aromatic rings. The number of thiazole rings is 1. The van der Waals surface area contributed by atoms with Gasteiger partial charge in [0.25, 0.3) is 5.91 Å². The molecule has 1 N–H and O–H groups in total. The van der Waals surface area contributed by atoms with Crippen molar-refractivity contribution in [2.75, 3.05) is 16.8 Å². The van der Waals surface area contributed by atoms with Crippen LogP contribution in [0.1, 0.15) is 22.8 Å². The molecular weight excluding hydrogens is 413 g/mol. The zero-order valence-corrected chi connectivity index (χ0v) is 17.7. The lowest BCUT2D eigenvalue weighted by atomic mass is 10.1. The Morgan fingerprint density at radius 1 is 1.03 bits per heavy atom. The zero-order valence-electron chi connectivity index (χ0n) is 16.8. The quantitative estimate of drug-likeness (QED) is 0.450. The van der Waals surface area contributed by atoms with Gasteiger partial charge in [-0.3, -0.25) is 14.5 Å². The molecule has 2 amide bonds. The molecule has 0 aliphatic heterocycles. The number of hydrogen-bond acceptors (Lipinski definition) is 4. The van der Waals surface area contributed by atoms with Crippen LogP contribution in [0.25, 0.3) is 10.2 Å². The van der Waals surface area contributed by atoms with Crippen LogP contribution in [0.5, 0.6) is 0 Å². The molecule has 0 aliphatic carbocycles. The van der Waals surface area contributed by atoms with Crippen molar-refractivity contribution >= 4 is 44.2 Å². The molecule has 0 saturated heterocycles. The van der Waals surface area contributed by atoms with Crippen molar-refractivity contribution in [1.82, 2.24) is 4.98 Å². The van der Waals surface area contributed by atoms with Crippen molar-refractivity contribution in [3.05, 3.63) is 89.7 Å². The number of carbonyl (C=O) groups is 2. The second kappa shape index (κ2) is 9.06. The number of nitrogens with zero attached hydrogens (tertiary/aromatic N) is 2. The van der Waals surface area contributed by atoms with Gasteiger partial charge in [-0.2, -0.15) is 0 Å². The first-order valence-corrected chi connectivity index (χ1v) is 10.6. The average Bonchev–Trinajstić information content (AvgIpc) is 3.19. The summed E-state index contributed by atoms with van der Waals surface area (Å²) in [5.41, 5.74) is 2.10. The molecule has 4 rings (SSSR count). The van der Waals surface area contributed by atoms with Gasteiger partial charge in [0.1, 0.15) is 5.82 Å². The fourth-order valence-electron chi connectivity index (χ4n) is 3.26. The van der Waals surface area contributed by atoms with Gasteiger partial charge in [-0.15, -0.1) is 0 Å². The van der Waals surface area contributed by atoms with E-state index in [9.17, 15) is 14.0 Å². The standard InChI is InChI=1S/C24H20FN3O2S/c1-16(29)26-18-11-12-20(25)19(15-18)23(30)28(14-13-17-7-3-2-4-8-17)24-27-21-9-5-6-10-22(21)31-24/h2-12,15H,13-14H2,1H3,(H,26,29). The monoisotopic (exact) mass is 433 g/mol. The molecule has 7 heteroatoms. The lowest BCUT2D eigenvalue weighted by molar-refractivity contribution is -0.114. The van der Waals surface area contributed by atoms with Crippen LogP contribution in [0.2, 0.25) is 0 Å². The molecular formula is C24H20FN3O2S. The van der Waals surface area contributed by atoms with Gasteiger partial charge >= 0.3 is 0 Å². The molecule has 1 aromatic heterocycles. The highest BCUT2D eigenvalue weighted by atomic mass is 32.1. The Balaban J connectivity index is 1.71. The third-order valence-electron chi connectivity index (χ3n) is 4.74. The van der Waals surface area contributed by atoms with Gasteiger partial charge in [-0.1, -0.05) is 53.8 Å². The number of nitrogens with one attached hydrogen (secondary N) is 1. The van der Waals surface area contributed by atoms with Crippen molar-refractivity contribution in [3.63, 3.8) is 0 Å². The molecule has 5 nitrogen and oxygen atoms in total. The van der Waals surface area contributed by atoms with Crippen LogP contribution in [-0.2, 0) is 11.2 Å². The SMILES string of the molecule is CC(=O)Nc1ccc(F)c(C(=O)N(CCc2ccccc2)c2nc3ccccc3s2)c1. The van der Waals surface area contributed by atoms with E-state index < -0.39 is 11.7 Å². The van der Waals surface area contributed by atoms with Crippen LogP contribution in [0.15, 0.2) is 72.8 Å². The Labute approximate surface area is 183 Å². The van der Waals surface area contributed by atoms with E-state index in [4.69, 9.17) is 0 Å². The molecule has 156 valence electrons. The van der Waals surface area contributed by atoms with Crippen molar-refractivity contribution in [2.24, 2.45) is 0 Å². The van der Waals surface area contributed by atoms with Gasteiger partial charge in [0.2, 0.25) is 5.91 Å². The van der Waals surface area contributed by atoms with Crippen LogP contribution < -0.4 is 10.2 Å². The van der Waals surface area contributed by atoms with Crippen LogP contribution in [0.3, 0.4) is 0 Å². The maximum atomic E-state index is 14.6. The number of fused-ring (bicyclic) bond motifs is 1. The first kappa shape index (κ1) is 20.7. The fraction of sp³-hybridized carbons (Fsp3) is 0.125. The van der Waals surface area contributed by atoms with E-state index in [1.807, 2.05) is 54.6 Å². The van der Waals surface area contributed by atoms with Gasteiger partial charge in [0, 0.05) is 19.2 Å². The fourth-order valence-corrected chi connectivity index (χ4v) is 4.25. The molecule has 31 heavy (non-hydrogen) atoms. The maximum Gasteiger partial charge on any atom is 0.263 e. The molecule has 0 unspecified atom stereocenters. The highest BCUT2D eigenvalue weighted by Crippen LogP contribution is 2.30. The van der Waals surface area contributed by atoms with Crippen LogP contribution in [-0.4, -0.2) is 23.3 Å². The Morgan fingerprint density at radius 3 is 2.52 bits per heavy atom. The number of rotatable bonds is 6. The number of hydrogen-bond donors (Lipinski definition) is 1. The predicted molar refractivity (Wildman–Crippen MR) is 122 cm³/mol. The molecule has 0 bridgehead atoms. The lowest BCUT2D eigenvalue weighted by Gasteiger charge is -2.21. The average molecular weight is 434 g/mol. The van der Waals surface area contributed by atoms with E-state index in [1.54, 1.807) is 0 Å². The summed E-state index contributed by atoms with van der Waals surface area (Å²) in [6.45, 7) is 1.70. The summed E-state index contributed by atoms with van der Waals surface area (Å²) < 4.78 is 15.6. The van der Waals surface area contributed by atoms with Gasteiger partial charge in [-0.25, -0.2) is 9.37 Å². The molecule has 0 radical (unpaired) electrons. The largest absolute Gasteiger partial charge is 0.326 e. The van der Waals surface area contributed by atoms with Crippen molar-refractivity contribution in [2.45, 2.75) is 13.3 Å². The molecule has 0 atom stereocenters. The summed E-state index contributed by atoms with van der Waals surface area (Å²) in [4.78, 5) is 30.9. The van der Waals surface area contributed by atoms with E-state index in [0.29, 0.717) is 23.8 Å². The Hall–Kier alpha value is -3.58. The van der Waals surface area contributed by atoms with Crippen LogP contribution in [0, 0.1) is 5.82 Å². The molecule has 0 spiro atoms. The second-order valence-electron chi connectivity index (χ2n) is 7.03. The summed E-state index contributed by atoms with van der Waals surface area (Å²) >= 11 is 1.39. The highest BCUT2D eigenvalue weighted by Gasteiger charge is 2.24. The summed E-state index contributed by atoms with van der Waals surface area (Å²) in [5, 5.41) is 3.10. The molecule has 0 fully saturated rings. The van der Waals surface area contributed by atoms with E-state index in [2.05, 4.69) is 10.3 Å². The summed E-state index contributed by atoms with van der Waals surface area (Å²) in [6.07, 6.45) is 0.593. The number of carbonyl (C=O) groups excluding carboxylic acids is 2. The molecule has 0 saturated carbocycles. The third-order valence-corrected chi connectivity index (χ3v) is 5.80. The number of halogens is 1. The maximum absolute atomic E-state index is 14.6. The lowest BCUT2D eigenvalue weighted by Crippen LogP contribution is -2.33. The van der Waals surface area contributed by atoms with Crippen LogP contribution in [0.4, 0.5) is 15.2 Å². The van der Waals surface area contributed by atoms with E-state index in [0.717, 1.165) is 15.8 Å². The smallest absolute Gasteiger partial charge is 0.263 e. The Bertz CT molecular complexity index is 1210. The first-order valence-electron chi connectivity index (χ1n) is 9.80. The van der Waals surface area contributed by atoms with Crippen molar-refractivity contribution in [1.29, 1.82) is 0 Å². The minimum absolute atomic E-state index is 0.112. The predicted octanol–water partition coefficient (Wildman–Crippen LogP) is 5.28. The van der Waals surface area contributed by atoms with Gasteiger partial charge < -0.3 is 5.32 Å². The number of para-hydroxylation sites is 1. The summed E-state index contributed by atoms with van der Waals surface area (Å²) in [7, 11) is 0. The van der Waals surface area contributed by atoms with Gasteiger partial charge in [0.05, 0.1) is 15.8 Å². The minimum atomic E-state index is -0.648.